The van der Waals surface area contributed by atoms with Gasteiger partial charge in [-0.15, -0.1) is 0 Å². The summed E-state index contributed by atoms with van der Waals surface area (Å²) < 4.78 is 3.22. The van der Waals surface area contributed by atoms with Crippen molar-refractivity contribution in [2.75, 3.05) is 0 Å². The highest BCUT2D eigenvalue weighted by Crippen LogP contribution is 2.28. The fraction of sp³-hybridized carbons (Fsp3) is 0.176. The maximum Gasteiger partial charge on any atom is 0.141 e. The Kier molecular flexibility index (Phi) is 3.52. The first-order valence-electron chi connectivity index (χ1n) is 6.80. The lowest BCUT2D eigenvalue weighted by atomic mass is 10.1. The maximum atomic E-state index is 9.03. The summed E-state index contributed by atoms with van der Waals surface area (Å²) in [7, 11) is 0. The summed E-state index contributed by atoms with van der Waals surface area (Å²) in [6.07, 6.45) is 0. The van der Waals surface area contributed by atoms with Gasteiger partial charge in [0.2, 0.25) is 0 Å². The standard InChI is InChI=1S/C17H14BrN3/c1-3-21-16-5-4-12(10-19)8-15(16)20-17(21)13-6-11(2)7-14(18)9-13/h4-9H,3H2,1-2H3. The Morgan fingerprint density at radius 3 is 2.71 bits per heavy atom. The van der Waals surface area contributed by atoms with Crippen LogP contribution in [0.1, 0.15) is 18.1 Å². The summed E-state index contributed by atoms with van der Waals surface area (Å²) in [5.74, 6) is 0.937. The molecule has 0 N–H and O–H groups in total. The Labute approximate surface area is 132 Å². The number of aryl methyl sites for hydroxylation is 2. The molecule has 0 bridgehead atoms. The number of hydrogen-bond acceptors (Lipinski definition) is 2. The number of aromatic nitrogens is 2. The van der Waals surface area contributed by atoms with Crippen molar-refractivity contribution in [1.82, 2.24) is 9.55 Å². The smallest absolute Gasteiger partial charge is 0.141 e. The molecule has 3 aromatic rings. The van der Waals surface area contributed by atoms with E-state index in [1.54, 1.807) is 0 Å². The van der Waals surface area contributed by atoms with Gasteiger partial charge in [-0.05, 0) is 55.8 Å². The number of nitriles is 1. The van der Waals surface area contributed by atoms with Gasteiger partial charge in [-0.2, -0.15) is 5.26 Å². The highest BCUT2D eigenvalue weighted by Gasteiger charge is 2.12. The van der Waals surface area contributed by atoms with E-state index in [1.165, 1.54) is 5.56 Å². The predicted molar refractivity (Wildman–Crippen MR) is 88.0 cm³/mol. The van der Waals surface area contributed by atoms with Gasteiger partial charge in [0.05, 0.1) is 22.7 Å². The molecule has 2 aromatic carbocycles. The van der Waals surface area contributed by atoms with E-state index in [2.05, 4.69) is 58.6 Å². The minimum atomic E-state index is 0.639. The van der Waals surface area contributed by atoms with Crippen LogP contribution in [0.4, 0.5) is 0 Å². The Bertz CT molecular complexity index is 851. The van der Waals surface area contributed by atoms with Crippen molar-refractivity contribution in [2.24, 2.45) is 0 Å². The second-order valence-corrected chi connectivity index (χ2v) is 5.93. The van der Waals surface area contributed by atoms with Crippen molar-refractivity contribution in [3.8, 4) is 17.5 Å². The van der Waals surface area contributed by atoms with E-state index in [-0.39, 0.29) is 0 Å². The van der Waals surface area contributed by atoms with Gasteiger partial charge in [-0.25, -0.2) is 4.98 Å². The highest BCUT2D eigenvalue weighted by molar-refractivity contribution is 9.10. The minimum Gasteiger partial charge on any atom is -0.324 e. The Morgan fingerprint density at radius 2 is 2.05 bits per heavy atom. The number of benzene rings is 2. The van der Waals surface area contributed by atoms with Crippen molar-refractivity contribution in [3.63, 3.8) is 0 Å². The van der Waals surface area contributed by atoms with Gasteiger partial charge in [0, 0.05) is 16.6 Å². The highest BCUT2D eigenvalue weighted by atomic mass is 79.9. The first-order valence-corrected chi connectivity index (χ1v) is 7.59. The van der Waals surface area contributed by atoms with Crippen LogP contribution in [0.25, 0.3) is 22.4 Å². The van der Waals surface area contributed by atoms with Crippen LogP contribution in [0.3, 0.4) is 0 Å². The fourth-order valence-corrected chi connectivity index (χ4v) is 3.21. The van der Waals surface area contributed by atoms with E-state index in [0.29, 0.717) is 5.56 Å². The Balaban J connectivity index is 2.29. The molecular weight excluding hydrogens is 326 g/mol. The summed E-state index contributed by atoms with van der Waals surface area (Å²) in [5, 5.41) is 9.03. The van der Waals surface area contributed by atoms with Crippen LogP contribution in [0.2, 0.25) is 0 Å². The van der Waals surface area contributed by atoms with Gasteiger partial charge in [0.15, 0.2) is 0 Å². The second-order valence-electron chi connectivity index (χ2n) is 5.01. The lowest BCUT2D eigenvalue weighted by molar-refractivity contribution is 0.796. The first-order chi connectivity index (χ1) is 10.1. The molecule has 0 amide bonds. The number of hydrogen-bond donors (Lipinski definition) is 0. The number of nitrogens with zero attached hydrogens (tertiary/aromatic N) is 3. The lowest BCUT2D eigenvalue weighted by Gasteiger charge is -2.07. The van der Waals surface area contributed by atoms with Crippen LogP contribution >= 0.6 is 15.9 Å². The Morgan fingerprint density at radius 1 is 1.24 bits per heavy atom. The normalized spacial score (nSPS) is 10.8. The molecule has 3 nitrogen and oxygen atoms in total. The summed E-state index contributed by atoms with van der Waals surface area (Å²) in [6.45, 7) is 5.01. The molecule has 0 aliphatic heterocycles. The van der Waals surface area contributed by atoms with E-state index in [9.17, 15) is 0 Å². The maximum absolute atomic E-state index is 9.03. The molecule has 0 fully saturated rings. The molecule has 0 unspecified atom stereocenters. The van der Waals surface area contributed by atoms with Crippen LogP contribution < -0.4 is 0 Å². The van der Waals surface area contributed by atoms with Crippen molar-refractivity contribution < 1.29 is 0 Å². The third kappa shape index (κ3) is 2.45. The van der Waals surface area contributed by atoms with Gasteiger partial charge in [-0.1, -0.05) is 15.9 Å². The van der Waals surface area contributed by atoms with Crippen molar-refractivity contribution in [1.29, 1.82) is 5.26 Å². The van der Waals surface area contributed by atoms with Crippen LogP contribution in [-0.4, -0.2) is 9.55 Å². The van der Waals surface area contributed by atoms with Crippen LogP contribution in [0.15, 0.2) is 40.9 Å². The van der Waals surface area contributed by atoms with Gasteiger partial charge in [0.1, 0.15) is 5.82 Å². The second kappa shape index (κ2) is 5.34. The minimum absolute atomic E-state index is 0.639. The van der Waals surface area contributed by atoms with Gasteiger partial charge in [0.25, 0.3) is 0 Å². The number of rotatable bonds is 2. The van der Waals surface area contributed by atoms with E-state index < -0.39 is 0 Å². The van der Waals surface area contributed by atoms with Crippen LogP contribution in [-0.2, 0) is 6.54 Å². The van der Waals surface area contributed by atoms with Gasteiger partial charge >= 0.3 is 0 Å². The van der Waals surface area contributed by atoms with Crippen molar-refractivity contribution in [3.05, 3.63) is 52.0 Å². The van der Waals surface area contributed by atoms with Gasteiger partial charge in [-0.3, -0.25) is 0 Å². The van der Waals surface area contributed by atoms with Crippen LogP contribution in [0.5, 0.6) is 0 Å². The quantitative estimate of drug-likeness (QED) is 0.680. The fourth-order valence-electron chi connectivity index (χ4n) is 2.61. The molecule has 0 saturated heterocycles. The summed E-state index contributed by atoms with van der Waals surface area (Å²) in [6, 6.07) is 14.1. The van der Waals surface area contributed by atoms with E-state index in [0.717, 1.165) is 33.4 Å². The topological polar surface area (TPSA) is 41.6 Å². The number of fused-ring (bicyclic) bond motifs is 1. The molecule has 0 saturated carbocycles. The average Bonchev–Trinajstić information content (AvgIpc) is 2.83. The van der Waals surface area contributed by atoms with E-state index in [4.69, 9.17) is 10.2 Å². The number of halogens is 1. The predicted octanol–water partition coefficient (Wildman–Crippen LogP) is 4.67. The van der Waals surface area contributed by atoms with Gasteiger partial charge < -0.3 is 4.57 Å². The molecular formula is C17H14BrN3. The molecule has 0 radical (unpaired) electrons. The largest absolute Gasteiger partial charge is 0.324 e. The SMILES string of the molecule is CCn1c(-c2cc(C)cc(Br)c2)nc2cc(C#N)ccc21. The summed E-state index contributed by atoms with van der Waals surface area (Å²) in [4.78, 5) is 4.74. The molecule has 1 heterocycles. The molecule has 21 heavy (non-hydrogen) atoms. The third-order valence-corrected chi connectivity index (χ3v) is 3.95. The molecule has 0 aliphatic rings. The molecule has 104 valence electrons. The molecule has 4 heteroatoms. The molecule has 1 aromatic heterocycles. The third-order valence-electron chi connectivity index (χ3n) is 3.49. The van der Waals surface area contributed by atoms with E-state index >= 15 is 0 Å². The summed E-state index contributed by atoms with van der Waals surface area (Å²) in [5.41, 5.74) is 4.83. The first kappa shape index (κ1) is 13.8. The zero-order chi connectivity index (χ0) is 15.0. The molecule has 0 atom stereocenters. The monoisotopic (exact) mass is 339 g/mol. The molecule has 0 spiro atoms. The average molecular weight is 340 g/mol. The lowest BCUT2D eigenvalue weighted by Crippen LogP contribution is -1.97. The zero-order valence-corrected chi connectivity index (χ0v) is 13.5. The van der Waals surface area contributed by atoms with E-state index in [1.807, 2.05) is 18.2 Å². The molecule has 3 rings (SSSR count). The van der Waals surface area contributed by atoms with Crippen molar-refractivity contribution in [2.45, 2.75) is 20.4 Å². The summed E-state index contributed by atoms with van der Waals surface area (Å²) >= 11 is 3.54. The number of imidazole rings is 1. The Hall–Kier alpha value is -2.12. The van der Waals surface area contributed by atoms with Crippen molar-refractivity contribution >= 4 is 27.0 Å². The zero-order valence-electron chi connectivity index (χ0n) is 11.9. The molecule has 0 aliphatic carbocycles. The van der Waals surface area contributed by atoms with Crippen LogP contribution in [0, 0.1) is 18.3 Å².